The molecule has 0 aliphatic rings. The summed E-state index contributed by atoms with van der Waals surface area (Å²) in [5, 5.41) is 7.38. The highest BCUT2D eigenvalue weighted by Crippen LogP contribution is 2.24. The van der Waals surface area contributed by atoms with E-state index < -0.39 is 15.9 Å². The summed E-state index contributed by atoms with van der Waals surface area (Å²) >= 11 is 0. The Morgan fingerprint density at radius 3 is 2.67 bits per heavy atom. The minimum Gasteiger partial charge on any atom is -0.345 e. The van der Waals surface area contributed by atoms with Crippen LogP contribution in [0.5, 0.6) is 0 Å². The van der Waals surface area contributed by atoms with Crippen LogP contribution in [0.15, 0.2) is 58.7 Å². The highest BCUT2D eigenvalue weighted by molar-refractivity contribution is 7.89. The molecule has 0 spiro atoms. The quantitative estimate of drug-likeness (QED) is 0.423. The zero-order valence-electron chi connectivity index (χ0n) is 18.3. The number of anilines is 1. The summed E-state index contributed by atoms with van der Waals surface area (Å²) in [4.78, 5) is 31.8. The second kappa shape index (κ2) is 8.64. The lowest BCUT2D eigenvalue weighted by atomic mass is 10.2. The molecule has 2 N–H and O–H groups in total. The molecule has 11 nitrogen and oxygen atoms in total. The van der Waals surface area contributed by atoms with Gasteiger partial charge in [0.05, 0.1) is 23.9 Å². The molecule has 0 aliphatic carbocycles. The number of aromatic amines is 1. The number of benzene rings is 1. The van der Waals surface area contributed by atoms with E-state index in [0.29, 0.717) is 35.5 Å². The van der Waals surface area contributed by atoms with Gasteiger partial charge >= 0.3 is 0 Å². The third kappa shape index (κ3) is 3.94. The zero-order chi connectivity index (χ0) is 23.8. The lowest BCUT2D eigenvalue weighted by Gasteiger charge is -2.17. The summed E-state index contributed by atoms with van der Waals surface area (Å²) in [6, 6.07) is 8.28. The lowest BCUT2D eigenvalue weighted by Crippen LogP contribution is -2.30. The van der Waals surface area contributed by atoms with E-state index in [2.05, 4.69) is 20.4 Å². The number of aryl methyl sites for hydroxylation is 1. The highest BCUT2D eigenvalue weighted by atomic mass is 32.2. The number of carbonyl (C=O) groups is 1. The SMILES string of the molecule is CCN(CC)S(=O)(=O)c1cc(C(=O)Nc2ccccc2-n2ncc3c(=O)[nH]cnc32)n(C)c1. The van der Waals surface area contributed by atoms with Crippen molar-refractivity contribution in [3.63, 3.8) is 0 Å². The van der Waals surface area contributed by atoms with Crippen molar-refractivity contribution in [3.05, 3.63) is 65.1 Å². The fourth-order valence-corrected chi connectivity index (χ4v) is 5.13. The molecule has 0 atom stereocenters. The average molecular weight is 470 g/mol. The van der Waals surface area contributed by atoms with Crippen molar-refractivity contribution >= 4 is 32.7 Å². The van der Waals surface area contributed by atoms with E-state index in [9.17, 15) is 18.0 Å². The molecule has 0 saturated carbocycles. The first-order chi connectivity index (χ1) is 15.8. The molecule has 0 bridgehead atoms. The van der Waals surface area contributed by atoms with Crippen molar-refractivity contribution in [1.29, 1.82) is 0 Å². The molecule has 1 amide bonds. The number of nitrogens with one attached hydrogen (secondary N) is 2. The van der Waals surface area contributed by atoms with Crippen molar-refractivity contribution in [2.75, 3.05) is 18.4 Å². The Hall–Kier alpha value is -3.77. The molecule has 4 aromatic rings. The summed E-state index contributed by atoms with van der Waals surface area (Å²) in [5.74, 6) is -0.492. The maximum Gasteiger partial charge on any atom is 0.272 e. The first-order valence-corrected chi connectivity index (χ1v) is 11.7. The molecule has 172 valence electrons. The van der Waals surface area contributed by atoms with Gasteiger partial charge in [0.15, 0.2) is 5.65 Å². The first kappa shape index (κ1) is 22.4. The van der Waals surface area contributed by atoms with Gasteiger partial charge in [-0.05, 0) is 18.2 Å². The smallest absolute Gasteiger partial charge is 0.272 e. The fraction of sp³-hybridized carbons (Fsp3) is 0.238. The van der Waals surface area contributed by atoms with Gasteiger partial charge in [-0.2, -0.15) is 9.40 Å². The summed E-state index contributed by atoms with van der Waals surface area (Å²) < 4.78 is 29.9. The van der Waals surface area contributed by atoms with Gasteiger partial charge in [0.2, 0.25) is 10.0 Å². The second-order valence-electron chi connectivity index (χ2n) is 7.26. The molecular weight excluding hydrogens is 446 g/mol. The molecule has 33 heavy (non-hydrogen) atoms. The van der Waals surface area contributed by atoms with Crippen molar-refractivity contribution in [1.82, 2.24) is 28.6 Å². The van der Waals surface area contributed by atoms with Gasteiger partial charge in [0, 0.05) is 26.3 Å². The molecule has 0 saturated heterocycles. The van der Waals surface area contributed by atoms with Crippen LogP contribution >= 0.6 is 0 Å². The van der Waals surface area contributed by atoms with Crippen molar-refractivity contribution in [3.8, 4) is 5.69 Å². The Labute approximate surface area is 189 Å². The number of sulfonamides is 1. The number of hydrogen-bond acceptors (Lipinski definition) is 6. The molecule has 0 fully saturated rings. The van der Waals surface area contributed by atoms with Gasteiger partial charge in [0.25, 0.3) is 11.5 Å². The Bertz CT molecular complexity index is 1500. The van der Waals surface area contributed by atoms with Crippen LogP contribution in [0, 0.1) is 0 Å². The number of para-hydroxylation sites is 2. The molecule has 4 rings (SSSR count). The van der Waals surface area contributed by atoms with Crippen LogP contribution in [0.1, 0.15) is 24.3 Å². The Morgan fingerprint density at radius 2 is 1.94 bits per heavy atom. The Kier molecular flexibility index (Phi) is 5.87. The van der Waals surface area contributed by atoms with Gasteiger partial charge in [-0.3, -0.25) is 9.59 Å². The Morgan fingerprint density at radius 1 is 1.21 bits per heavy atom. The van der Waals surface area contributed by atoms with Gasteiger partial charge < -0.3 is 14.9 Å². The van der Waals surface area contributed by atoms with Crippen molar-refractivity contribution < 1.29 is 13.2 Å². The molecule has 0 unspecified atom stereocenters. The van der Waals surface area contributed by atoms with Gasteiger partial charge in [-0.15, -0.1) is 0 Å². The third-order valence-electron chi connectivity index (χ3n) is 5.31. The predicted molar refractivity (Wildman–Crippen MR) is 123 cm³/mol. The molecular formula is C21H23N7O4S. The molecule has 3 heterocycles. The summed E-state index contributed by atoms with van der Waals surface area (Å²) in [7, 11) is -2.09. The van der Waals surface area contributed by atoms with Crippen molar-refractivity contribution in [2.24, 2.45) is 7.05 Å². The maximum atomic E-state index is 13.1. The van der Waals surface area contributed by atoms with Crippen LogP contribution in [0.4, 0.5) is 5.69 Å². The van der Waals surface area contributed by atoms with Crippen LogP contribution in [0.3, 0.4) is 0 Å². The van der Waals surface area contributed by atoms with Crippen LogP contribution in [-0.4, -0.2) is 56.0 Å². The molecule has 3 aromatic heterocycles. The minimum absolute atomic E-state index is 0.0497. The minimum atomic E-state index is -3.70. The van der Waals surface area contributed by atoms with Gasteiger partial charge in [-0.1, -0.05) is 26.0 Å². The number of fused-ring (bicyclic) bond motifs is 1. The number of carbonyl (C=O) groups excluding carboxylic acids is 1. The number of amides is 1. The Balaban J connectivity index is 1.70. The van der Waals surface area contributed by atoms with Gasteiger partial charge in [-0.25, -0.2) is 18.1 Å². The summed E-state index contributed by atoms with van der Waals surface area (Å²) in [5.41, 5.74) is 1.12. The zero-order valence-corrected chi connectivity index (χ0v) is 19.1. The first-order valence-electron chi connectivity index (χ1n) is 10.3. The molecule has 12 heteroatoms. The number of hydrogen-bond donors (Lipinski definition) is 2. The van der Waals surface area contributed by atoms with E-state index >= 15 is 0 Å². The average Bonchev–Trinajstić information content (AvgIpc) is 3.40. The number of aromatic nitrogens is 5. The van der Waals surface area contributed by atoms with E-state index in [4.69, 9.17) is 0 Å². The second-order valence-corrected chi connectivity index (χ2v) is 9.20. The highest BCUT2D eigenvalue weighted by Gasteiger charge is 2.26. The van der Waals surface area contributed by atoms with E-state index in [-0.39, 0.29) is 16.1 Å². The predicted octanol–water partition coefficient (Wildman–Crippen LogP) is 1.73. The number of rotatable bonds is 7. The number of nitrogens with zero attached hydrogens (tertiary/aromatic N) is 5. The maximum absolute atomic E-state index is 13.1. The topological polar surface area (TPSA) is 135 Å². The fourth-order valence-electron chi connectivity index (χ4n) is 3.60. The molecule has 0 radical (unpaired) electrons. The largest absolute Gasteiger partial charge is 0.345 e. The van der Waals surface area contributed by atoms with E-state index in [1.807, 2.05) is 0 Å². The summed E-state index contributed by atoms with van der Waals surface area (Å²) in [6.45, 7) is 4.18. The van der Waals surface area contributed by atoms with E-state index in [0.717, 1.165) is 0 Å². The van der Waals surface area contributed by atoms with Crippen LogP contribution in [0.2, 0.25) is 0 Å². The van der Waals surface area contributed by atoms with Crippen LogP contribution in [0.25, 0.3) is 16.7 Å². The van der Waals surface area contributed by atoms with E-state index in [1.165, 1.54) is 38.3 Å². The molecule has 1 aromatic carbocycles. The standard InChI is InChI=1S/C21H23N7O4S/c1-4-27(5-2)33(31,32)14-10-18(26(3)12-14)21(30)25-16-8-6-7-9-17(16)28-19-15(11-24-28)20(29)23-13-22-19/h6-13H,4-5H2,1-3H3,(H,25,30)(H,22,23,29). The third-order valence-corrected chi connectivity index (χ3v) is 7.32. The van der Waals surface area contributed by atoms with Crippen molar-refractivity contribution in [2.45, 2.75) is 18.7 Å². The van der Waals surface area contributed by atoms with Crippen LogP contribution in [-0.2, 0) is 17.1 Å². The number of H-pyrrole nitrogens is 1. The monoisotopic (exact) mass is 469 g/mol. The molecule has 0 aliphatic heterocycles. The van der Waals surface area contributed by atoms with E-state index in [1.54, 1.807) is 45.2 Å². The summed E-state index contributed by atoms with van der Waals surface area (Å²) in [6.07, 6.45) is 4.11. The lowest BCUT2D eigenvalue weighted by molar-refractivity contribution is 0.101. The van der Waals surface area contributed by atoms with Gasteiger partial charge in [0.1, 0.15) is 16.0 Å². The normalized spacial score (nSPS) is 11.9. The van der Waals surface area contributed by atoms with Crippen LogP contribution < -0.4 is 10.9 Å².